The monoisotopic (exact) mass is 97.0 g/mol. The number of carboxylic acid groups (broad SMARTS) is 1. The molecule has 0 fully saturated rings. The highest BCUT2D eigenvalue weighted by atomic mass is 16.4. The predicted molar refractivity (Wildman–Crippen MR) is 24.6 cm³/mol. The maximum Gasteiger partial charge on any atom is 0.331 e. The minimum Gasteiger partial charge on any atom is -0.478 e. The third-order valence-corrected chi connectivity index (χ3v) is 0.922. The average Bonchev–Trinajstić information content (AvgIpc) is 1.23. The molecular formula is C5H5O2. The van der Waals surface area contributed by atoms with Gasteiger partial charge in [0.05, 0.1) is 0 Å². The summed E-state index contributed by atoms with van der Waals surface area (Å²) in [6.07, 6.45) is 4.19. The molecule has 0 heterocycles. The second kappa shape index (κ2) is 1.37. The van der Waals surface area contributed by atoms with E-state index < -0.39 is 5.97 Å². The minimum atomic E-state index is -0.814. The van der Waals surface area contributed by atoms with Crippen LogP contribution in [0.4, 0.5) is 0 Å². The molecular weight excluding hydrogens is 92.1 g/mol. The summed E-state index contributed by atoms with van der Waals surface area (Å²) in [5, 5.41) is 8.13. The van der Waals surface area contributed by atoms with E-state index >= 15 is 0 Å². The van der Waals surface area contributed by atoms with E-state index in [1.54, 1.807) is 12.5 Å². The third kappa shape index (κ3) is 0.633. The van der Waals surface area contributed by atoms with Gasteiger partial charge in [-0.25, -0.2) is 4.79 Å². The van der Waals surface area contributed by atoms with Crippen molar-refractivity contribution in [1.82, 2.24) is 0 Å². The Hall–Kier alpha value is -0.790. The van der Waals surface area contributed by atoms with Gasteiger partial charge >= 0.3 is 5.97 Å². The van der Waals surface area contributed by atoms with Crippen LogP contribution in [-0.2, 0) is 4.79 Å². The van der Waals surface area contributed by atoms with E-state index in [-0.39, 0.29) is 0 Å². The van der Waals surface area contributed by atoms with E-state index in [1.165, 1.54) is 0 Å². The number of aliphatic carboxylic acids is 1. The lowest BCUT2D eigenvalue weighted by Gasteiger charge is -2.06. The second-order valence-electron chi connectivity index (χ2n) is 1.40. The molecule has 0 spiro atoms. The summed E-state index contributed by atoms with van der Waals surface area (Å²) in [5.74, 6) is -0.814. The van der Waals surface area contributed by atoms with E-state index in [0.29, 0.717) is 5.57 Å². The second-order valence-corrected chi connectivity index (χ2v) is 1.40. The van der Waals surface area contributed by atoms with Gasteiger partial charge in [0.15, 0.2) is 0 Å². The van der Waals surface area contributed by atoms with E-state index in [2.05, 4.69) is 0 Å². The average molecular weight is 97.1 g/mol. The molecule has 0 bridgehead atoms. The van der Waals surface area contributed by atoms with Gasteiger partial charge < -0.3 is 5.11 Å². The Kier molecular flexibility index (Phi) is 0.855. The third-order valence-electron chi connectivity index (χ3n) is 0.922. The molecule has 0 amide bonds. The summed E-state index contributed by atoms with van der Waals surface area (Å²) < 4.78 is 0. The molecule has 0 aromatic heterocycles. The van der Waals surface area contributed by atoms with Gasteiger partial charge in [-0.2, -0.15) is 0 Å². The van der Waals surface area contributed by atoms with Gasteiger partial charge in [0.2, 0.25) is 0 Å². The summed E-state index contributed by atoms with van der Waals surface area (Å²) >= 11 is 0. The Morgan fingerprint density at radius 1 is 1.86 bits per heavy atom. The first-order chi connectivity index (χ1) is 3.30. The fraction of sp³-hybridized carbons (Fsp3) is 0.200. The highest BCUT2D eigenvalue weighted by Gasteiger charge is 2.11. The molecule has 1 N–H and O–H groups in total. The van der Waals surface area contributed by atoms with Crippen molar-refractivity contribution >= 4 is 5.97 Å². The summed E-state index contributed by atoms with van der Waals surface area (Å²) in [6, 6.07) is 0. The fourth-order valence-electron chi connectivity index (χ4n) is 0.410. The summed E-state index contributed by atoms with van der Waals surface area (Å²) in [6.45, 7) is 0. The van der Waals surface area contributed by atoms with Gasteiger partial charge in [0, 0.05) is 12.0 Å². The quantitative estimate of drug-likeness (QED) is 0.520. The Morgan fingerprint density at radius 3 is 2.43 bits per heavy atom. The van der Waals surface area contributed by atoms with Crippen LogP contribution in [0.15, 0.2) is 11.6 Å². The molecule has 1 radical (unpaired) electrons. The molecule has 0 aliphatic heterocycles. The lowest BCUT2D eigenvalue weighted by molar-refractivity contribution is -0.132. The largest absolute Gasteiger partial charge is 0.478 e. The predicted octanol–water partition coefficient (Wildman–Crippen LogP) is 0.605. The Bertz CT molecular complexity index is 124. The molecule has 1 aliphatic rings. The molecule has 2 heteroatoms. The lowest BCUT2D eigenvalue weighted by Crippen LogP contribution is -2.06. The van der Waals surface area contributed by atoms with Crippen molar-refractivity contribution in [1.29, 1.82) is 0 Å². The van der Waals surface area contributed by atoms with Crippen LogP contribution in [0.2, 0.25) is 0 Å². The highest BCUT2D eigenvalue weighted by molar-refractivity contribution is 5.90. The van der Waals surface area contributed by atoms with Gasteiger partial charge in [0.25, 0.3) is 0 Å². The number of carboxylic acids is 1. The lowest BCUT2D eigenvalue weighted by atomic mass is 10.00. The molecule has 0 atom stereocenters. The first kappa shape index (κ1) is 4.37. The summed E-state index contributed by atoms with van der Waals surface area (Å²) in [5.41, 5.74) is 0.444. The highest BCUT2D eigenvalue weighted by Crippen LogP contribution is 2.15. The molecule has 0 saturated carbocycles. The number of allylic oxidation sites excluding steroid dienone is 1. The van der Waals surface area contributed by atoms with Gasteiger partial charge in [-0.15, -0.1) is 0 Å². The van der Waals surface area contributed by atoms with Crippen LogP contribution in [0, 0.1) is 6.42 Å². The van der Waals surface area contributed by atoms with Crippen LogP contribution in [0.5, 0.6) is 0 Å². The summed E-state index contributed by atoms with van der Waals surface area (Å²) in [4.78, 5) is 9.88. The van der Waals surface area contributed by atoms with Gasteiger partial charge in [-0.3, -0.25) is 0 Å². The summed E-state index contributed by atoms with van der Waals surface area (Å²) in [7, 11) is 0. The molecule has 0 unspecified atom stereocenters. The van der Waals surface area contributed by atoms with Crippen LogP contribution >= 0.6 is 0 Å². The smallest absolute Gasteiger partial charge is 0.331 e. The van der Waals surface area contributed by atoms with Crippen molar-refractivity contribution in [3.8, 4) is 0 Å². The molecule has 37 valence electrons. The van der Waals surface area contributed by atoms with Gasteiger partial charge in [0.1, 0.15) is 0 Å². The Morgan fingerprint density at radius 2 is 2.43 bits per heavy atom. The molecule has 0 saturated heterocycles. The zero-order valence-electron chi connectivity index (χ0n) is 3.72. The fourth-order valence-corrected chi connectivity index (χ4v) is 0.410. The van der Waals surface area contributed by atoms with E-state index in [9.17, 15) is 4.79 Å². The normalized spacial score (nSPS) is 17.4. The van der Waals surface area contributed by atoms with E-state index in [0.717, 1.165) is 6.42 Å². The molecule has 1 aliphatic carbocycles. The van der Waals surface area contributed by atoms with E-state index in [4.69, 9.17) is 5.11 Å². The van der Waals surface area contributed by atoms with Crippen LogP contribution < -0.4 is 0 Å². The van der Waals surface area contributed by atoms with Crippen molar-refractivity contribution in [2.45, 2.75) is 6.42 Å². The van der Waals surface area contributed by atoms with Crippen molar-refractivity contribution in [3.05, 3.63) is 18.1 Å². The van der Waals surface area contributed by atoms with Crippen LogP contribution in [0.3, 0.4) is 0 Å². The van der Waals surface area contributed by atoms with Crippen molar-refractivity contribution < 1.29 is 9.90 Å². The zero-order chi connectivity index (χ0) is 5.28. The van der Waals surface area contributed by atoms with Crippen molar-refractivity contribution in [3.63, 3.8) is 0 Å². The minimum absolute atomic E-state index is 0.444. The molecule has 2 nitrogen and oxygen atoms in total. The number of carbonyl (C=O) groups is 1. The number of hydrogen-bond acceptors (Lipinski definition) is 1. The number of hydrogen-bond donors (Lipinski definition) is 1. The zero-order valence-corrected chi connectivity index (χ0v) is 3.72. The molecule has 0 aromatic rings. The standard InChI is InChI=1S/C5H5O2/c6-5(7)4-2-1-3-4/h2-3H,1H2,(H,6,7). The Labute approximate surface area is 41.5 Å². The van der Waals surface area contributed by atoms with Crippen molar-refractivity contribution in [2.24, 2.45) is 0 Å². The number of rotatable bonds is 1. The molecule has 0 aromatic carbocycles. The van der Waals surface area contributed by atoms with Crippen molar-refractivity contribution in [2.75, 3.05) is 0 Å². The first-order valence-electron chi connectivity index (χ1n) is 2.07. The van der Waals surface area contributed by atoms with Gasteiger partial charge in [-0.1, -0.05) is 6.08 Å². The Balaban J connectivity index is 2.57. The first-order valence-corrected chi connectivity index (χ1v) is 2.07. The maximum absolute atomic E-state index is 9.88. The van der Waals surface area contributed by atoms with Crippen LogP contribution in [-0.4, -0.2) is 11.1 Å². The van der Waals surface area contributed by atoms with E-state index in [1.807, 2.05) is 0 Å². The molecule has 7 heavy (non-hydrogen) atoms. The van der Waals surface area contributed by atoms with Gasteiger partial charge in [-0.05, 0) is 6.42 Å². The van der Waals surface area contributed by atoms with Crippen LogP contribution in [0.1, 0.15) is 6.42 Å². The SMILES string of the molecule is O=C(O)C1=CC[CH]1. The maximum atomic E-state index is 9.88. The molecule has 1 rings (SSSR count). The topological polar surface area (TPSA) is 37.3 Å². The van der Waals surface area contributed by atoms with Crippen LogP contribution in [0.25, 0.3) is 0 Å².